The molecule has 0 aromatic rings. The molecule has 1 rings (SSSR count). The molecular formula is C6H15O15P3. The molecule has 1 saturated carbocycles. The zero-order valence-corrected chi connectivity index (χ0v) is 14.0. The van der Waals surface area contributed by atoms with Crippen molar-refractivity contribution in [2.75, 3.05) is 0 Å². The van der Waals surface area contributed by atoms with Gasteiger partial charge in [0.05, 0.1) is 0 Å². The van der Waals surface area contributed by atoms with E-state index in [1.54, 1.807) is 0 Å². The molecule has 144 valence electrons. The lowest BCUT2D eigenvalue weighted by Crippen LogP contribution is -2.65. The molecule has 6 atom stereocenters. The van der Waals surface area contributed by atoms with Crippen LogP contribution in [0.25, 0.3) is 0 Å². The fraction of sp³-hybridized carbons (Fsp3) is 1.00. The number of hydrogen-bond acceptors (Lipinski definition) is 9. The van der Waals surface area contributed by atoms with Crippen molar-refractivity contribution in [2.45, 2.75) is 36.6 Å². The fourth-order valence-electron chi connectivity index (χ4n) is 2.01. The van der Waals surface area contributed by atoms with Crippen molar-refractivity contribution in [3.05, 3.63) is 0 Å². The van der Waals surface area contributed by atoms with E-state index >= 15 is 0 Å². The summed E-state index contributed by atoms with van der Waals surface area (Å²) in [6.45, 7) is 0. The third kappa shape index (κ3) is 6.50. The molecule has 0 aromatic heterocycles. The summed E-state index contributed by atoms with van der Waals surface area (Å²) >= 11 is 0. The smallest absolute Gasteiger partial charge is 0.387 e. The second-order valence-electron chi connectivity index (χ2n) is 4.65. The van der Waals surface area contributed by atoms with Gasteiger partial charge in [-0.2, -0.15) is 0 Å². The molecule has 0 aromatic carbocycles. The first-order valence-electron chi connectivity index (χ1n) is 5.78. The summed E-state index contributed by atoms with van der Waals surface area (Å²) in [6, 6.07) is 0. The number of aliphatic hydroxyl groups is 3. The van der Waals surface area contributed by atoms with Gasteiger partial charge in [-0.05, 0) is 0 Å². The molecule has 1 aliphatic carbocycles. The van der Waals surface area contributed by atoms with Gasteiger partial charge in [-0.25, -0.2) is 13.7 Å². The maximum Gasteiger partial charge on any atom is 0.470 e. The molecule has 24 heavy (non-hydrogen) atoms. The molecule has 9 N–H and O–H groups in total. The van der Waals surface area contributed by atoms with Crippen LogP contribution in [-0.2, 0) is 27.3 Å². The van der Waals surface area contributed by atoms with Gasteiger partial charge < -0.3 is 44.7 Å². The Hall–Kier alpha value is 0.210. The normalized spacial score (nSPS) is 35.9. The van der Waals surface area contributed by atoms with Crippen LogP contribution in [0.3, 0.4) is 0 Å². The van der Waals surface area contributed by atoms with Crippen molar-refractivity contribution in [1.29, 1.82) is 0 Å². The van der Waals surface area contributed by atoms with E-state index in [9.17, 15) is 29.0 Å². The molecule has 0 aliphatic heterocycles. The second kappa shape index (κ2) is 7.45. The average molecular weight is 420 g/mol. The lowest BCUT2D eigenvalue weighted by Gasteiger charge is -2.44. The quantitative estimate of drug-likeness (QED) is 0.189. The van der Waals surface area contributed by atoms with Crippen LogP contribution in [0.15, 0.2) is 0 Å². The van der Waals surface area contributed by atoms with Crippen molar-refractivity contribution < 1.29 is 71.9 Å². The summed E-state index contributed by atoms with van der Waals surface area (Å²) in [5.41, 5.74) is 0. The summed E-state index contributed by atoms with van der Waals surface area (Å²) in [5, 5.41) is 29.3. The Morgan fingerprint density at radius 1 is 0.500 bits per heavy atom. The molecule has 1 fully saturated rings. The molecule has 0 saturated heterocycles. The minimum absolute atomic E-state index is 2.32. The van der Waals surface area contributed by atoms with E-state index in [4.69, 9.17) is 29.4 Å². The molecule has 18 heteroatoms. The first-order valence-corrected chi connectivity index (χ1v) is 10.4. The average Bonchev–Trinajstić information content (AvgIpc) is 2.32. The van der Waals surface area contributed by atoms with Crippen LogP contribution in [0.4, 0.5) is 0 Å². The highest BCUT2D eigenvalue weighted by molar-refractivity contribution is 7.46. The number of phosphoric acid groups is 3. The third-order valence-electron chi connectivity index (χ3n) is 2.80. The van der Waals surface area contributed by atoms with Crippen molar-refractivity contribution in [2.24, 2.45) is 0 Å². The van der Waals surface area contributed by atoms with Crippen LogP contribution in [0.1, 0.15) is 0 Å². The Labute approximate surface area is 133 Å². The summed E-state index contributed by atoms with van der Waals surface area (Å²) in [5.74, 6) is 0. The van der Waals surface area contributed by atoms with Crippen LogP contribution in [0, 0.1) is 0 Å². The van der Waals surface area contributed by atoms with Crippen LogP contribution in [0.2, 0.25) is 0 Å². The van der Waals surface area contributed by atoms with Gasteiger partial charge in [0.15, 0.2) is 0 Å². The van der Waals surface area contributed by atoms with Gasteiger partial charge in [0, 0.05) is 0 Å². The van der Waals surface area contributed by atoms with Gasteiger partial charge in [-0.15, -0.1) is 0 Å². The lowest BCUT2D eigenvalue weighted by molar-refractivity contribution is -0.212. The van der Waals surface area contributed by atoms with Crippen LogP contribution in [0.5, 0.6) is 0 Å². The Kier molecular flexibility index (Phi) is 6.90. The van der Waals surface area contributed by atoms with Gasteiger partial charge in [0.25, 0.3) is 0 Å². The minimum Gasteiger partial charge on any atom is -0.387 e. The molecule has 0 heterocycles. The molecule has 3 unspecified atom stereocenters. The van der Waals surface area contributed by atoms with Crippen molar-refractivity contribution in [1.82, 2.24) is 0 Å². The van der Waals surface area contributed by atoms with Crippen molar-refractivity contribution in [3.63, 3.8) is 0 Å². The third-order valence-corrected chi connectivity index (χ3v) is 4.35. The second-order valence-corrected chi connectivity index (χ2v) is 8.23. The molecule has 0 amide bonds. The Bertz CT molecular complexity index is 574. The first-order chi connectivity index (χ1) is 10.5. The van der Waals surface area contributed by atoms with Crippen molar-refractivity contribution >= 4 is 23.5 Å². The van der Waals surface area contributed by atoms with E-state index in [0.29, 0.717) is 0 Å². The van der Waals surface area contributed by atoms with Crippen LogP contribution >= 0.6 is 23.5 Å². The van der Waals surface area contributed by atoms with E-state index in [2.05, 4.69) is 13.6 Å². The molecule has 1 aliphatic rings. The first kappa shape index (κ1) is 22.3. The maximum atomic E-state index is 10.9. The molecule has 0 radical (unpaired) electrons. The molecule has 15 nitrogen and oxygen atoms in total. The number of rotatable bonds is 6. The topological polar surface area (TPSA) is 261 Å². The molecule has 0 spiro atoms. The van der Waals surface area contributed by atoms with E-state index in [1.807, 2.05) is 0 Å². The van der Waals surface area contributed by atoms with Crippen LogP contribution in [-0.4, -0.2) is 81.3 Å². The van der Waals surface area contributed by atoms with E-state index in [-0.39, 0.29) is 0 Å². The van der Waals surface area contributed by atoms with Gasteiger partial charge in [-0.1, -0.05) is 0 Å². The van der Waals surface area contributed by atoms with Gasteiger partial charge in [0.2, 0.25) is 0 Å². The summed E-state index contributed by atoms with van der Waals surface area (Å²) in [6.07, 6.45) is -14.3. The Balaban J connectivity index is 3.23. The predicted molar refractivity (Wildman–Crippen MR) is 68.8 cm³/mol. The molecular weight excluding hydrogens is 405 g/mol. The molecule has 0 bridgehead atoms. The Morgan fingerprint density at radius 3 is 1.08 bits per heavy atom. The standard InChI is InChI=1S/C6H15O15P3/c7-1-2(8)5(20-23(13,14)15)6(21-24(16,17)18)3(9)4(1)19-22(10,11)12/h1-9H,(H2,10,11,12)(H2,13,14,15)(H2,16,17,18)/t1-,2-,3-,4?,5?,6?/m0/s1. The van der Waals surface area contributed by atoms with Gasteiger partial charge >= 0.3 is 23.5 Å². The summed E-state index contributed by atoms with van der Waals surface area (Å²) < 4.78 is 44.7. The van der Waals surface area contributed by atoms with E-state index < -0.39 is 60.1 Å². The monoisotopic (exact) mass is 420 g/mol. The van der Waals surface area contributed by atoms with Gasteiger partial charge in [0.1, 0.15) is 36.6 Å². The van der Waals surface area contributed by atoms with E-state index in [0.717, 1.165) is 0 Å². The highest BCUT2D eigenvalue weighted by Crippen LogP contribution is 2.49. The fourth-order valence-corrected chi connectivity index (χ4v) is 3.70. The minimum atomic E-state index is -5.43. The number of hydrogen-bond donors (Lipinski definition) is 9. The zero-order chi connectivity index (χ0) is 19.1. The van der Waals surface area contributed by atoms with Gasteiger partial charge in [-0.3, -0.25) is 13.6 Å². The highest BCUT2D eigenvalue weighted by Gasteiger charge is 2.56. The predicted octanol–water partition coefficient (Wildman–Crippen LogP) is -3.48. The largest absolute Gasteiger partial charge is 0.470 e. The highest BCUT2D eigenvalue weighted by atomic mass is 31.2. The summed E-state index contributed by atoms with van der Waals surface area (Å²) in [4.78, 5) is 52.4. The zero-order valence-electron chi connectivity index (χ0n) is 11.3. The Morgan fingerprint density at radius 2 is 0.750 bits per heavy atom. The number of aliphatic hydroxyl groups excluding tert-OH is 3. The maximum absolute atomic E-state index is 10.9. The summed E-state index contributed by atoms with van der Waals surface area (Å²) in [7, 11) is -16.2. The van der Waals surface area contributed by atoms with E-state index in [1.165, 1.54) is 0 Å². The van der Waals surface area contributed by atoms with Crippen LogP contribution < -0.4 is 0 Å². The SMILES string of the molecule is O=P(O)(O)OC1C(OP(=O)(O)O)[C@@H](O)[C@H](O)C(OP(=O)(O)O)[C@@H]1O. The number of phosphoric ester groups is 3. The van der Waals surface area contributed by atoms with Crippen molar-refractivity contribution in [3.8, 4) is 0 Å². The lowest BCUT2D eigenvalue weighted by atomic mass is 9.85.